The summed E-state index contributed by atoms with van der Waals surface area (Å²) in [6, 6.07) is 7.64. The van der Waals surface area contributed by atoms with Gasteiger partial charge in [0.2, 0.25) is 5.95 Å². The van der Waals surface area contributed by atoms with Crippen LogP contribution < -0.4 is 5.73 Å². The number of hydrogen-bond acceptors (Lipinski definition) is 4. The number of anilines is 1. The molecule has 3 heterocycles. The number of benzene rings is 1. The van der Waals surface area contributed by atoms with E-state index in [4.69, 9.17) is 5.73 Å². The van der Waals surface area contributed by atoms with Gasteiger partial charge in [-0.2, -0.15) is 0 Å². The van der Waals surface area contributed by atoms with E-state index in [0.717, 1.165) is 11.0 Å². The maximum absolute atomic E-state index is 10.2. The van der Waals surface area contributed by atoms with Crippen molar-refractivity contribution < 1.29 is 5.11 Å². The molecular formula is C14H12N6O. The Balaban J connectivity index is 1.92. The van der Waals surface area contributed by atoms with E-state index in [-0.39, 0.29) is 5.75 Å². The summed E-state index contributed by atoms with van der Waals surface area (Å²) in [6.45, 7) is 0. The molecule has 0 saturated heterocycles. The van der Waals surface area contributed by atoms with Crippen molar-refractivity contribution in [2.24, 2.45) is 0 Å². The van der Waals surface area contributed by atoms with E-state index in [2.05, 4.69) is 19.9 Å². The highest BCUT2D eigenvalue weighted by Crippen LogP contribution is 2.36. The van der Waals surface area contributed by atoms with Gasteiger partial charge in [-0.05, 0) is 12.1 Å². The van der Waals surface area contributed by atoms with Crippen LogP contribution in [-0.2, 0) is 0 Å². The van der Waals surface area contributed by atoms with E-state index in [1.54, 1.807) is 17.0 Å². The number of imidazole rings is 2. The van der Waals surface area contributed by atoms with Crippen LogP contribution in [0.2, 0.25) is 0 Å². The Kier molecular flexibility index (Phi) is 2.28. The highest BCUT2D eigenvalue weighted by molar-refractivity contribution is 5.84. The van der Waals surface area contributed by atoms with Crippen molar-refractivity contribution in [3.63, 3.8) is 0 Å². The first-order valence-corrected chi connectivity index (χ1v) is 6.38. The second-order valence-electron chi connectivity index (χ2n) is 4.66. The van der Waals surface area contributed by atoms with Crippen LogP contribution in [0.15, 0.2) is 42.9 Å². The molecular weight excluding hydrogens is 268 g/mol. The molecule has 0 fully saturated rings. The van der Waals surface area contributed by atoms with Crippen LogP contribution in [0.1, 0.15) is 0 Å². The molecule has 0 radical (unpaired) electrons. The number of fused-ring (bicyclic) bond motifs is 1. The molecule has 0 spiro atoms. The van der Waals surface area contributed by atoms with E-state index in [1.165, 1.54) is 6.20 Å². The predicted molar refractivity (Wildman–Crippen MR) is 79.1 cm³/mol. The average molecular weight is 280 g/mol. The molecule has 0 amide bonds. The minimum Gasteiger partial charge on any atom is -0.505 e. The van der Waals surface area contributed by atoms with Crippen LogP contribution in [0.25, 0.3) is 28.4 Å². The summed E-state index contributed by atoms with van der Waals surface area (Å²) in [5, 5.41) is 10.2. The third kappa shape index (κ3) is 1.68. The first kappa shape index (κ1) is 11.6. The molecule has 0 aliphatic rings. The van der Waals surface area contributed by atoms with Crippen molar-refractivity contribution >= 4 is 16.9 Å². The number of hydrogen-bond donors (Lipinski definition) is 4. The topological polar surface area (TPSA) is 109 Å². The van der Waals surface area contributed by atoms with Gasteiger partial charge < -0.3 is 20.8 Å². The van der Waals surface area contributed by atoms with E-state index < -0.39 is 0 Å². The second kappa shape index (κ2) is 4.14. The van der Waals surface area contributed by atoms with Crippen LogP contribution in [0.5, 0.6) is 5.75 Å². The summed E-state index contributed by atoms with van der Waals surface area (Å²) < 4.78 is 1.58. The molecule has 0 unspecified atom stereocenters. The molecule has 0 saturated carbocycles. The SMILES string of the molecule is Nc1c(-c2nc3ccccc3[nH]2)c(O)cn1-c1ncc[nH]1. The normalized spacial score (nSPS) is 11.2. The predicted octanol–water partition coefficient (Wildman–Crippen LogP) is 2.03. The molecule has 3 aromatic heterocycles. The molecule has 0 bridgehead atoms. The van der Waals surface area contributed by atoms with Crippen molar-refractivity contribution in [2.45, 2.75) is 0 Å². The van der Waals surface area contributed by atoms with Gasteiger partial charge in [-0.25, -0.2) is 9.97 Å². The lowest BCUT2D eigenvalue weighted by atomic mass is 10.3. The number of aromatic nitrogens is 5. The fourth-order valence-corrected chi connectivity index (χ4v) is 2.39. The van der Waals surface area contributed by atoms with Crippen LogP contribution >= 0.6 is 0 Å². The van der Waals surface area contributed by atoms with Crippen molar-refractivity contribution in [1.29, 1.82) is 0 Å². The van der Waals surface area contributed by atoms with Gasteiger partial charge in [0.15, 0.2) is 0 Å². The zero-order valence-corrected chi connectivity index (χ0v) is 10.9. The number of rotatable bonds is 2. The number of aromatic hydroxyl groups is 1. The molecule has 21 heavy (non-hydrogen) atoms. The summed E-state index contributed by atoms with van der Waals surface area (Å²) in [5.74, 6) is 1.46. The molecule has 4 rings (SSSR count). The number of nitrogen functional groups attached to an aromatic ring is 1. The first-order valence-electron chi connectivity index (χ1n) is 6.38. The number of H-pyrrole nitrogens is 2. The van der Waals surface area contributed by atoms with Crippen LogP contribution in [0.4, 0.5) is 5.82 Å². The van der Waals surface area contributed by atoms with Gasteiger partial charge in [0, 0.05) is 12.4 Å². The molecule has 7 heteroatoms. The molecule has 5 N–H and O–H groups in total. The van der Waals surface area contributed by atoms with Gasteiger partial charge in [0.1, 0.15) is 23.0 Å². The summed E-state index contributed by atoms with van der Waals surface area (Å²) in [6.07, 6.45) is 4.82. The second-order valence-corrected chi connectivity index (χ2v) is 4.66. The fraction of sp³-hybridized carbons (Fsp3) is 0. The summed E-state index contributed by atoms with van der Waals surface area (Å²) in [7, 11) is 0. The minimum atomic E-state index is 0.0444. The number of nitrogens with zero attached hydrogens (tertiary/aromatic N) is 3. The summed E-state index contributed by atoms with van der Waals surface area (Å²) in [4.78, 5) is 14.7. The molecule has 0 aliphatic carbocycles. The third-order valence-electron chi connectivity index (χ3n) is 3.36. The van der Waals surface area contributed by atoms with Gasteiger partial charge in [-0.3, -0.25) is 4.57 Å². The van der Waals surface area contributed by atoms with Crippen molar-refractivity contribution in [3.8, 4) is 23.1 Å². The van der Waals surface area contributed by atoms with Crippen molar-refractivity contribution in [1.82, 2.24) is 24.5 Å². The lowest BCUT2D eigenvalue weighted by Crippen LogP contribution is -2.01. The Morgan fingerprint density at radius 2 is 2.10 bits per heavy atom. The lowest BCUT2D eigenvalue weighted by Gasteiger charge is -2.01. The van der Waals surface area contributed by atoms with Crippen LogP contribution in [0.3, 0.4) is 0 Å². The highest BCUT2D eigenvalue weighted by Gasteiger charge is 2.19. The van der Waals surface area contributed by atoms with Gasteiger partial charge in [0.05, 0.1) is 17.2 Å². The fourth-order valence-electron chi connectivity index (χ4n) is 2.39. The minimum absolute atomic E-state index is 0.0444. The first-order chi connectivity index (χ1) is 10.2. The van der Waals surface area contributed by atoms with Crippen molar-refractivity contribution in [2.75, 3.05) is 5.73 Å². The maximum atomic E-state index is 10.2. The molecule has 1 aromatic carbocycles. The third-order valence-corrected chi connectivity index (χ3v) is 3.36. The van der Waals surface area contributed by atoms with Gasteiger partial charge >= 0.3 is 0 Å². The monoisotopic (exact) mass is 280 g/mol. The van der Waals surface area contributed by atoms with Crippen LogP contribution in [-0.4, -0.2) is 29.6 Å². The number of nitrogens with two attached hydrogens (primary N) is 1. The van der Waals surface area contributed by atoms with Gasteiger partial charge in [-0.1, -0.05) is 12.1 Å². The highest BCUT2D eigenvalue weighted by atomic mass is 16.3. The van der Waals surface area contributed by atoms with Crippen LogP contribution in [0, 0.1) is 0 Å². The molecule has 0 atom stereocenters. The van der Waals surface area contributed by atoms with E-state index >= 15 is 0 Å². The zero-order valence-electron chi connectivity index (χ0n) is 10.9. The summed E-state index contributed by atoms with van der Waals surface area (Å²) >= 11 is 0. The standard InChI is InChI=1S/C14H12N6O/c15-12-11(10(21)7-20(12)14-16-5-6-17-14)13-18-8-3-1-2-4-9(8)19-13/h1-7,21H,15H2,(H,16,17)(H,18,19). The van der Waals surface area contributed by atoms with E-state index in [1.807, 2.05) is 24.3 Å². The van der Waals surface area contributed by atoms with Gasteiger partial charge in [0.25, 0.3) is 0 Å². The smallest absolute Gasteiger partial charge is 0.212 e. The number of aromatic amines is 2. The Morgan fingerprint density at radius 3 is 2.86 bits per heavy atom. The maximum Gasteiger partial charge on any atom is 0.212 e. The Labute approximate surface area is 119 Å². The largest absolute Gasteiger partial charge is 0.505 e. The molecule has 7 nitrogen and oxygen atoms in total. The number of nitrogens with one attached hydrogen (secondary N) is 2. The Bertz CT molecular complexity index is 885. The molecule has 0 aliphatic heterocycles. The van der Waals surface area contributed by atoms with E-state index in [0.29, 0.717) is 23.2 Å². The summed E-state index contributed by atoms with van der Waals surface area (Å²) in [5.41, 5.74) is 8.30. The Hall–Kier alpha value is -3.22. The average Bonchev–Trinajstić information content (AvgIpc) is 3.17. The van der Waals surface area contributed by atoms with Gasteiger partial charge in [-0.15, -0.1) is 0 Å². The zero-order chi connectivity index (χ0) is 14.4. The molecule has 4 aromatic rings. The Morgan fingerprint density at radius 1 is 1.24 bits per heavy atom. The van der Waals surface area contributed by atoms with Crippen molar-refractivity contribution in [3.05, 3.63) is 42.9 Å². The quantitative estimate of drug-likeness (QED) is 0.450. The number of para-hydroxylation sites is 2. The molecule has 104 valence electrons. The lowest BCUT2D eigenvalue weighted by molar-refractivity contribution is 0.476. The van der Waals surface area contributed by atoms with E-state index in [9.17, 15) is 5.11 Å².